The molecule has 0 aromatic carbocycles. The monoisotopic (exact) mass is 234 g/mol. The molecule has 3 heteroatoms. The Kier molecular flexibility index (Phi) is 4.51. The minimum absolute atomic E-state index is 0.0709. The average Bonchev–Trinajstić information content (AvgIpc) is 2.74. The number of aliphatic hydroxyl groups excluding tert-OH is 1. The largest absolute Gasteiger partial charge is 0.393 e. The molecule has 1 fully saturated rings. The summed E-state index contributed by atoms with van der Waals surface area (Å²) in [6.45, 7) is 2.07. The quantitative estimate of drug-likeness (QED) is 0.842. The van der Waals surface area contributed by atoms with Gasteiger partial charge in [-0.05, 0) is 49.9 Å². The van der Waals surface area contributed by atoms with Gasteiger partial charge in [0.05, 0.1) is 6.10 Å². The molecule has 94 valence electrons. The van der Waals surface area contributed by atoms with Crippen LogP contribution in [0.15, 0.2) is 24.5 Å². The number of likely N-dealkylation sites (N-methyl/N-ethyl adjacent to an activating group) is 1. The molecule has 0 spiro atoms. The van der Waals surface area contributed by atoms with Gasteiger partial charge in [0, 0.05) is 25.5 Å². The van der Waals surface area contributed by atoms with Crippen molar-refractivity contribution in [3.05, 3.63) is 30.1 Å². The van der Waals surface area contributed by atoms with E-state index in [-0.39, 0.29) is 6.10 Å². The predicted octanol–water partition coefficient (Wildman–Crippen LogP) is 1.72. The molecule has 1 heterocycles. The summed E-state index contributed by atoms with van der Waals surface area (Å²) in [5, 5.41) is 9.79. The van der Waals surface area contributed by atoms with E-state index < -0.39 is 0 Å². The Morgan fingerprint density at radius 1 is 1.35 bits per heavy atom. The topological polar surface area (TPSA) is 36.4 Å². The van der Waals surface area contributed by atoms with Crippen molar-refractivity contribution in [3.8, 4) is 0 Å². The Balaban J connectivity index is 1.72. The van der Waals surface area contributed by atoms with Crippen LogP contribution in [0, 0.1) is 5.92 Å². The molecule has 1 aromatic rings. The third kappa shape index (κ3) is 3.79. The van der Waals surface area contributed by atoms with Crippen LogP contribution in [0.3, 0.4) is 0 Å². The highest BCUT2D eigenvalue weighted by atomic mass is 16.3. The smallest absolute Gasteiger partial charge is 0.0580 e. The molecule has 0 amide bonds. The first-order chi connectivity index (χ1) is 8.25. The highest BCUT2D eigenvalue weighted by Crippen LogP contribution is 2.25. The average molecular weight is 234 g/mol. The zero-order chi connectivity index (χ0) is 12.1. The normalized spacial score (nSPS) is 24.4. The maximum absolute atomic E-state index is 9.79. The molecule has 0 saturated heterocycles. The van der Waals surface area contributed by atoms with E-state index in [1.165, 1.54) is 18.4 Å². The third-order valence-corrected chi connectivity index (χ3v) is 3.70. The molecular weight excluding hydrogens is 212 g/mol. The van der Waals surface area contributed by atoms with Crippen molar-refractivity contribution in [3.63, 3.8) is 0 Å². The molecule has 2 rings (SSSR count). The molecule has 0 radical (unpaired) electrons. The predicted molar refractivity (Wildman–Crippen MR) is 68.8 cm³/mol. The number of nitrogens with zero attached hydrogens (tertiary/aromatic N) is 2. The maximum Gasteiger partial charge on any atom is 0.0580 e. The summed E-state index contributed by atoms with van der Waals surface area (Å²) in [4.78, 5) is 6.35. The van der Waals surface area contributed by atoms with Crippen molar-refractivity contribution in [1.82, 2.24) is 9.88 Å². The van der Waals surface area contributed by atoms with Crippen LogP contribution in [-0.4, -0.2) is 41.2 Å². The van der Waals surface area contributed by atoms with Crippen molar-refractivity contribution in [1.29, 1.82) is 0 Å². The first-order valence-electron chi connectivity index (χ1n) is 6.51. The Morgan fingerprint density at radius 3 is 2.76 bits per heavy atom. The van der Waals surface area contributed by atoms with Gasteiger partial charge in [-0.25, -0.2) is 0 Å². The summed E-state index contributed by atoms with van der Waals surface area (Å²) in [6, 6.07) is 4.14. The van der Waals surface area contributed by atoms with Gasteiger partial charge in [0.1, 0.15) is 0 Å². The number of rotatable bonds is 5. The number of pyridine rings is 1. The molecule has 17 heavy (non-hydrogen) atoms. The second-order valence-electron chi connectivity index (χ2n) is 5.13. The fraction of sp³-hybridized carbons (Fsp3) is 0.643. The summed E-state index contributed by atoms with van der Waals surface area (Å²) in [6.07, 6.45) is 8.03. The molecule has 1 N–H and O–H groups in total. The SMILES string of the molecule is CN(CCc1ccncc1)CC1CCCC1O. The van der Waals surface area contributed by atoms with Gasteiger partial charge in [-0.1, -0.05) is 6.42 Å². The van der Waals surface area contributed by atoms with Gasteiger partial charge < -0.3 is 10.0 Å². The molecule has 0 aliphatic heterocycles. The van der Waals surface area contributed by atoms with Gasteiger partial charge in [-0.2, -0.15) is 0 Å². The summed E-state index contributed by atoms with van der Waals surface area (Å²) in [7, 11) is 2.15. The van der Waals surface area contributed by atoms with Crippen LogP contribution >= 0.6 is 0 Å². The van der Waals surface area contributed by atoms with Crippen molar-refractivity contribution in [2.75, 3.05) is 20.1 Å². The third-order valence-electron chi connectivity index (χ3n) is 3.70. The molecule has 1 aliphatic carbocycles. The molecule has 1 aliphatic rings. The molecule has 1 aromatic heterocycles. The molecule has 1 saturated carbocycles. The van der Waals surface area contributed by atoms with E-state index in [0.29, 0.717) is 5.92 Å². The van der Waals surface area contributed by atoms with Crippen LogP contribution in [0.25, 0.3) is 0 Å². The van der Waals surface area contributed by atoms with Crippen LogP contribution in [0.4, 0.5) is 0 Å². The number of hydrogen-bond donors (Lipinski definition) is 1. The molecule has 2 unspecified atom stereocenters. The number of aliphatic hydroxyl groups is 1. The Morgan fingerprint density at radius 2 is 2.12 bits per heavy atom. The molecule has 0 bridgehead atoms. The summed E-state index contributed by atoms with van der Waals surface area (Å²) in [5.74, 6) is 0.484. The Hall–Kier alpha value is -0.930. The maximum atomic E-state index is 9.79. The van der Waals surface area contributed by atoms with Crippen LogP contribution in [0.2, 0.25) is 0 Å². The van der Waals surface area contributed by atoms with Crippen LogP contribution in [-0.2, 0) is 6.42 Å². The number of hydrogen-bond acceptors (Lipinski definition) is 3. The number of aromatic nitrogens is 1. The van der Waals surface area contributed by atoms with Crippen LogP contribution in [0.5, 0.6) is 0 Å². The summed E-state index contributed by atoms with van der Waals surface area (Å²) < 4.78 is 0. The lowest BCUT2D eigenvalue weighted by molar-refractivity contribution is 0.110. The van der Waals surface area contributed by atoms with Crippen molar-refractivity contribution < 1.29 is 5.11 Å². The van der Waals surface area contributed by atoms with Gasteiger partial charge in [0.2, 0.25) is 0 Å². The van der Waals surface area contributed by atoms with Gasteiger partial charge in [-0.3, -0.25) is 4.98 Å². The zero-order valence-corrected chi connectivity index (χ0v) is 10.5. The second-order valence-corrected chi connectivity index (χ2v) is 5.13. The van der Waals surface area contributed by atoms with Gasteiger partial charge in [-0.15, -0.1) is 0 Å². The highest BCUT2D eigenvalue weighted by molar-refractivity contribution is 5.09. The van der Waals surface area contributed by atoms with Crippen molar-refractivity contribution in [2.24, 2.45) is 5.92 Å². The fourth-order valence-electron chi connectivity index (χ4n) is 2.59. The minimum atomic E-state index is -0.0709. The first-order valence-corrected chi connectivity index (χ1v) is 6.51. The summed E-state index contributed by atoms with van der Waals surface area (Å²) in [5.41, 5.74) is 1.33. The zero-order valence-electron chi connectivity index (χ0n) is 10.5. The Bertz CT molecular complexity index is 328. The van der Waals surface area contributed by atoms with Gasteiger partial charge in [0.15, 0.2) is 0 Å². The highest BCUT2D eigenvalue weighted by Gasteiger charge is 2.25. The summed E-state index contributed by atoms with van der Waals surface area (Å²) >= 11 is 0. The minimum Gasteiger partial charge on any atom is -0.393 e. The Labute approximate surface area is 103 Å². The standard InChI is InChI=1S/C14H22N2O/c1-16(11-13-3-2-4-14(13)17)10-7-12-5-8-15-9-6-12/h5-6,8-9,13-14,17H,2-4,7,10-11H2,1H3. The van der Waals surface area contributed by atoms with E-state index >= 15 is 0 Å². The molecular formula is C14H22N2O. The fourth-order valence-corrected chi connectivity index (χ4v) is 2.59. The van der Waals surface area contributed by atoms with Crippen molar-refractivity contribution in [2.45, 2.75) is 31.8 Å². The van der Waals surface area contributed by atoms with Gasteiger partial charge >= 0.3 is 0 Å². The lowest BCUT2D eigenvalue weighted by Gasteiger charge is -2.23. The van der Waals surface area contributed by atoms with Crippen LogP contribution < -0.4 is 0 Å². The van der Waals surface area contributed by atoms with E-state index in [1.54, 1.807) is 0 Å². The van der Waals surface area contributed by atoms with Crippen molar-refractivity contribution >= 4 is 0 Å². The first kappa shape index (κ1) is 12.5. The van der Waals surface area contributed by atoms with E-state index in [9.17, 15) is 5.11 Å². The van der Waals surface area contributed by atoms with E-state index in [0.717, 1.165) is 25.9 Å². The van der Waals surface area contributed by atoms with Gasteiger partial charge in [0.25, 0.3) is 0 Å². The van der Waals surface area contributed by atoms with Crippen LogP contribution in [0.1, 0.15) is 24.8 Å². The lowest BCUT2D eigenvalue weighted by Crippen LogP contribution is -2.31. The van der Waals surface area contributed by atoms with E-state index in [2.05, 4.69) is 29.1 Å². The molecule has 2 atom stereocenters. The van der Waals surface area contributed by atoms with E-state index in [4.69, 9.17) is 0 Å². The second kappa shape index (κ2) is 6.12. The van der Waals surface area contributed by atoms with E-state index in [1.807, 2.05) is 12.4 Å². The lowest BCUT2D eigenvalue weighted by atomic mass is 10.1. The molecule has 3 nitrogen and oxygen atoms in total.